The Balaban J connectivity index is 1.15. The van der Waals surface area contributed by atoms with Gasteiger partial charge in [0.25, 0.3) is 0 Å². The molecule has 1 saturated heterocycles. The molecule has 0 aliphatic carbocycles. The summed E-state index contributed by atoms with van der Waals surface area (Å²) in [5, 5.41) is 5.56. The Morgan fingerprint density at radius 3 is 2.82 bits per heavy atom. The van der Waals surface area contributed by atoms with Gasteiger partial charge in [0.2, 0.25) is 0 Å². The standard InChI is InChI=1S/C23H28N4O/c1-16-15-20-17(2)27(12-9-21(20)24-16)14-13-26-10-7-18(8-11-26)23-19-5-3-4-6-22(19)28-25-23/h3-6,18H,2,7-15H2,1H3. The topological polar surface area (TPSA) is 44.9 Å². The van der Waals surface area contributed by atoms with Crippen LogP contribution in [0.5, 0.6) is 0 Å². The molecule has 5 rings (SSSR count). The van der Waals surface area contributed by atoms with Crippen molar-refractivity contribution in [1.29, 1.82) is 0 Å². The van der Waals surface area contributed by atoms with Crippen LogP contribution in [0.25, 0.3) is 11.0 Å². The van der Waals surface area contributed by atoms with Crippen LogP contribution in [-0.2, 0) is 0 Å². The number of para-hydroxylation sites is 1. The fraction of sp³-hybridized carbons (Fsp3) is 0.478. The number of aliphatic imine (C=N–C) groups is 1. The molecular weight excluding hydrogens is 348 g/mol. The molecule has 0 amide bonds. The Labute approximate surface area is 166 Å². The Morgan fingerprint density at radius 1 is 1.14 bits per heavy atom. The van der Waals surface area contributed by atoms with E-state index in [0.717, 1.165) is 69.7 Å². The summed E-state index contributed by atoms with van der Waals surface area (Å²) in [6.45, 7) is 12.0. The predicted octanol–water partition coefficient (Wildman–Crippen LogP) is 4.35. The molecule has 0 radical (unpaired) electrons. The highest BCUT2D eigenvalue weighted by molar-refractivity contribution is 5.89. The molecule has 0 N–H and O–H groups in total. The van der Waals surface area contributed by atoms with Crippen molar-refractivity contribution in [2.45, 2.75) is 38.5 Å². The lowest BCUT2D eigenvalue weighted by atomic mass is 9.91. The highest BCUT2D eigenvalue weighted by atomic mass is 16.5. The van der Waals surface area contributed by atoms with Crippen LogP contribution in [0.2, 0.25) is 0 Å². The molecule has 0 unspecified atom stereocenters. The molecule has 5 nitrogen and oxygen atoms in total. The second-order valence-electron chi connectivity index (χ2n) is 8.31. The average molecular weight is 377 g/mol. The van der Waals surface area contributed by atoms with Gasteiger partial charge in [-0.15, -0.1) is 0 Å². The quantitative estimate of drug-likeness (QED) is 0.796. The normalized spacial score (nSPS) is 21.5. The van der Waals surface area contributed by atoms with Crippen molar-refractivity contribution in [1.82, 2.24) is 15.0 Å². The van der Waals surface area contributed by atoms with Crippen molar-refractivity contribution in [3.05, 3.63) is 53.5 Å². The number of allylic oxidation sites excluding steroid dienone is 1. The molecule has 0 atom stereocenters. The number of piperidine rings is 1. The molecule has 28 heavy (non-hydrogen) atoms. The molecular formula is C23H28N4O. The van der Waals surface area contributed by atoms with Gasteiger partial charge in [0, 0.05) is 66.5 Å². The fourth-order valence-corrected chi connectivity index (χ4v) is 4.88. The number of nitrogens with zero attached hydrogens (tertiary/aromatic N) is 4. The third kappa shape index (κ3) is 3.18. The Hall–Kier alpha value is -2.40. The number of aromatic nitrogens is 1. The minimum atomic E-state index is 0.510. The maximum Gasteiger partial charge on any atom is 0.167 e. The Bertz CT molecular complexity index is 962. The van der Waals surface area contributed by atoms with E-state index in [1.807, 2.05) is 12.1 Å². The summed E-state index contributed by atoms with van der Waals surface area (Å²) in [6.07, 6.45) is 4.36. The second-order valence-corrected chi connectivity index (χ2v) is 8.31. The first kappa shape index (κ1) is 17.7. The highest BCUT2D eigenvalue weighted by Gasteiger charge is 2.28. The van der Waals surface area contributed by atoms with Crippen molar-refractivity contribution in [3.63, 3.8) is 0 Å². The Morgan fingerprint density at radius 2 is 1.96 bits per heavy atom. The van der Waals surface area contributed by atoms with E-state index < -0.39 is 0 Å². The van der Waals surface area contributed by atoms with Crippen LogP contribution in [0.3, 0.4) is 0 Å². The largest absolute Gasteiger partial charge is 0.370 e. The summed E-state index contributed by atoms with van der Waals surface area (Å²) in [5.41, 5.74) is 7.14. The third-order valence-electron chi connectivity index (χ3n) is 6.52. The summed E-state index contributed by atoms with van der Waals surface area (Å²) in [5.74, 6) is 0.510. The first-order chi connectivity index (χ1) is 13.7. The van der Waals surface area contributed by atoms with Crippen LogP contribution in [0.4, 0.5) is 0 Å². The van der Waals surface area contributed by atoms with Crippen LogP contribution >= 0.6 is 0 Å². The van der Waals surface area contributed by atoms with Gasteiger partial charge in [-0.05, 0) is 45.0 Å². The zero-order valence-corrected chi connectivity index (χ0v) is 16.7. The molecule has 0 saturated carbocycles. The molecule has 1 aromatic heterocycles. The van der Waals surface area contributed by atoms with E-state index in [9.17, 15) is 0 Å². The predicted molar refractivity (Wildman–Crippen MR) is 113 cm³/mol. The smallest absolute Gasteiger partial charge is 0.167 e. The van der Waals surface area contributed by atoms with Crippen molar-refractivity contribution >= 4 is 16.7 Å². The van der Waals surface area contributed by atoms with Gasteiger partial charge in [-0.1, -0.05) is 23.9 Å². The van der Waals surface area contributed by atoms with Gasteiger partial charge in [0.05, 0.1) is 5.69 Å². The first-order valence-electron chi connectivity index (χ1n) is 10.5. The van der Waals surface area contributed by atoms with E-state index in [-0.39, 0.29) is 0 Å². The Kier molecular flexibility index (Phi) is 4.55. The number of rotatable bonds is 4. The number of hydrogen-bond donors (Lipinski definition) is 0. The molecule has 4 heterocycles. The molecule has 5 heteroatoms. The van der Waals surface area contributed by atoms with E-state index in [0.29, 0.717) is 5.92 Å². The summed E-state index contributed by atoms with van der Waals surface area (Å²) in [4.78, 5) is 9.74. The summed E-state index contributed by atoms with van der Waals surface area (Å²) in [7, 11) is 0. The van der Waals surface area contributed by atoms with Crippen LogP contribution < -0.4 is 0 Å². The summed E-state index contributed by atoms with van der Waals surface area (Å²) >= 11 is 0. The molecule has 1 fully saturated rings. The van der Waals surface area contributed by atoms with Crippen molar-refractivity contribution < 1.29 is 4.52 Å². The van der Waals surface area contributed by atoms with E-state index in [4.69, 9.17) is 4.52 Å². The van der Waals surface area contributed by atoms with Gasteiger partial charge >= 0.3 is 0 Å². The second kappa shape index (κ2) is 7.21. The van der Waals surface area contributed by atoms with Gasteiger partial charge in [-0.2, -0.15) is 0 Å². The average Bonchev–Trinajstić information content (AvgIpc) is 3.31. The first-order valence-corrected chi connectivity index (χ1v) is 10.5. The molecule has 146 valence electrons. The van der Waals surface area contributed by atoms with Gasteiger partial charge in [0.15, 0.2) is 5.58 Å². The number of benzene rings is 1. The molecule has 3 aliphatic rings. The lowest BCUT2D eigenvalue weighted by Crippen LogP contribution is -2.40. The van der Waals surface area contributed by atoms with E-state index in [1.165, 1.54) is 28.1 Å². The van der Waals surface area contributed by atoms with Crippen molar-refractivity contribution in [3.8, 4) is 0 Å². The van der Waals surface area contributed by atoms with Crippen LogP contribution in [0.15, 0.2) is 57.3 Å². The maximum absolute atomic E-state index is 5.52. The zero-order valence-electron chi connectivity index (χ0n) is 16.7. The zero-order chi connectivity index (χ0) is 19.1. The molecule has 2 aromatic rings. The van der Waals surface area contributed by atoms with Gasteiger partial charge in [-0.25, -0.2) is 0 Å². The van der Waals surface area contributed by atoms with E-state index in [1.54, 1.807) is 0 Å². The molecule has 1 aromatic carbocycles. The van der Waals surface area contributed by atoms with E-state index in [2.05, 4.69) is 45.6 Å². The van der Waals surface area contributed by atoms with Crippen LogP contribution in [0.1, 0.15) is 44.2 Å². The van der Waals surface area contributed by atoms with Crippen LogP contribution in [0, 0.1) is 0 Å². The lowest BCUT2D eigenvalue weighted by Gasteiger charge is -2.36. The van der Waals surface area contributed by atoms with Crippen LogP contribution in [-0.4, -0.2) is 53.4 Å². The van der Waals surface area contributed by atoms with Crippen molar-refractivity contribution in [2.24, 2.45) is 4.99 Å². The lowest BCUT2D eigenvalue weighted by molar-refractivity contribution is 0.185. The SMILES string of the molecule is C=C1C2=C(CCN1CCN1CCC(c3noc4ccccc34)CC1)N=C(C)C2. The number of fused-ring (bicyclic) bond motifs is 1. The fourth-order valence-electron chi connectivity index (χ4n) is 4.88. The summed E-state index contributed by atoms with van der Waals surface area (Å²) in [6, 6.07) is 8.21. The van der Waals surface area contributed by atoms with Gasteiger partial charge in [-0.3, -0.25) is 4.99 Å². The minimum absolute atomic E-state index is 0.510. The van der Waals surface area contributed by atoms with Gasteiger partial charge in [0.1, 0.15) is 0 Å². The van der Waals surface area contributed by atoms with E-state index >= 15 is 0 Å². The summed E-state index contributed by atoms with van der Waals surface area (Å²) < 4.78 is 5.52. The highest BCUT2D eigenvalue weighted by Crippen LogP contribution is 2.35. The number of likely N-dealkylation sites (tertiary alicyclic amines) is 1. The monoisotopic (exact) mass is 376 g/mol. The minimum Gasteiger partial charge on any atom is -0.370 e. The maximum atomic E-state index is 5.52. The van der Waals surface area contributed by atoms with Gasteiger partial charge < -0.3 is 14.3 Å². The molecule has 0 bridgehead atoms. The number of hydrogen-bond acceptors (Lipinski definition) is 5. The van der Waals surface area contributed by atoms with Crippen molar-refractivity contribution in [2.75, 3.05) is 32.7 Å². The molecule has 0 spiro atoms. The molecule has 3 aliphatic heterocycles. The third-order valence-corrected chi connectivity index (χ3v) is 6.52.